The lowest BCUT2D eigenvalue weighted by atomic mass is 9.88. The summed E-state index contributed by atoms with van der Waals surface area (Å²) in [5, 5.41) is 10.8. The summed E-state index contributed by atoms with van der Waals surface area (Å²) in [4.78, 5) is 12.0. The Morgan fingerprint density at radius 2 is 2.35 bits per heavy atom. The lowest BCUT2D eigenvalue weighted by Gasteiger charge is -2.26. The maximum Gasteiger partial charge on any atom is 0.230 e. The minimum Gasteiger partial charge on any atom is -0.349 e. The zero-order chi connectivity index (χ0) is 13.8. The topological polar surface area (TPSA) is 54.9 Å². The maximum atomic E-state index is 12.0. The first-order valence-electron chi connectivity index (χ1n) is 6.59. The second-order valence-electron chi connectivity index (χ2n) is 4.70. The van der Waals surface area contributed by atoms with Gasteiger partial charge in [0.25, 0.3) is 0 Å². The molecule has 4 nitrogen and oxygen atoms in total. The fourth-order valence-corrected chi connectivity index (χ4v) is 3.79. The summed E-state index contributed by atoms with van der Waals surface area (Å²) in [6.07, 6.45) is 3.26. The van der Waals surface area contributed by atoms with Crippen molar-refractivity contribution in [1.82, 2.24) is 15.5 Å². The second-order valence-corrected chi connectivity index (χ2v) is 6.76. The molecule has 0 saturated carbocycles. The van der Waals surface area contributed by atoms with Crippen LogP contribution in [-0.2, 0) is 11.2 Å². The third-order valence-electron chi connectivity index (χ3n) is 3.37. The van der Waals surface area contributed by atoms with Gasteiger partial charge >= 0.3 is 0 Å². The van der Waals surface area contributed by atoms with Crippen LogP contribution in [0.3, 0.4) is 0 Å². The number of aromatic nitrogens is 2. The van der Waals surface area contributed by atoms with Crippen molar-refractivity contribution in [3.63, 3.8) is 0 Å². The van der Waals surface area contributed by atoms with Gasteiger partial charge in [0.2, 0.25) is 5.91 Å². The Kier molecular flexibility index (Phi) is 4.32. The highest BCUT2D eigenvalue weighted by Crippen LogP contribution is 2.29. The van der Waals surface area contributed by atoms with Crippen molar-refractivity contribution in [2.75, 3.05) is 5.75 Å². The molecule has 1 atom stereocenters. The van der Waals surface area contributed by atoms with Crippen LogP contribution in [-0.4, -0.2) is 21.9 Å². The quantitative estimate of drug-likeness (QED) is 0.883. The molecule has 20 heavy (non-hydrogen) atoms. The molecule has 6 heteroatoms. The number of nitrogens with one attached hydrogen (secondary N) is 1. The van der Waals surface area contributed by atoms with Gasteiger partial charge in [0.05, 0.1) is 11.8 Å². The van der Waals surface area contributed by atoms with E-state index in [4.69, 9.17) is 0 Å². The van der Waals surface area contributed by atoms with E-state index < -0.39 is 0 Å². The van der Waals surface area contributed by atoms with E-state index in [1.54, 1.807) is 5.51 Å². The van der Waals surface area contributed by atoms with E-state index in [1.807, 2.05) is 6.07 Å². The Hall–Kier alpha value is -1.40. The van der Waals surface area contributed by atoms with Crippen LogP contribution in [0.2, 0.25) is 0 Å². The highest BCUT2D eigenvalue weighted by molar-refractivity contribution is 8.01. The van der Waals surface area contributed by atoms with E-state index in [-0.39, 0.29) is 11.9 Å². The normalized spacial score (nSPS) is 17.5. The lowest BCUT2D eigenvalue weighted by molar-refractivity contribution is -0.119. The molecule has 0 radical (unpaired) electrons. The van der Waals surface area contributed by atoms with Crippen LogP contribution < -0.4 is 5.32 Å². The van der Waals surface area contributed by atoms with Crippen LogP contribution in [0.4, 0.5) is 0 Å². The molecular formula is C14H15N3OS2. The molecule has 1 heterocycles. The number of carbonyl (C=O) groups excluding carboxylic acids is 1. The van der Waals surface area contributed by atoms with Crippen LogP contribution in [0.25, 0.3) is 0 Å². The largest absolute Gasteiger partial charge is 0.349 e. The number of hydrogen-bond acceptors (Lipinski definition) is 5. The van der Waals surface area contributed by atoms with Crippen molar-refractivity contribution >= 4 is 29.0 Å². The van der Waals surface area contributed by atoms with Gasteiger partial charge < -0.3 is 5.32 Å². The Balaban J connectivity index is 1.59. The van der Waals surface area contributed by atoms with Crippen molar-refractivity contribution in [2.24, 2.45) is 0 Å². The number of aryl methyl sites for hydroxylation is 1. The third kappa shape index (κ3) is 3.19. The molecule has 1 aliphatic rings. The van der Waals surface area contributed by atoms with Crippen molar-refractivity contribution in [3.8, 4) is 0 Å². The van der Waals surface area contributed by atoms with Crippen LogP contribution in [0.5, 0.6) is 0 Å². The van der Waals surface area contributed by atoms with Crippen molar-refractivity contribution in [3.05, 3.63) is 40.9 Å². The molecule has 0 spiro atoms. The Labute approximate surface area is 126 Å². The van der Waals surface area contributed by atoms with Crippen LogP contribution >= 0.6 is 23.1 Å². The van der Waals surface area contributed by atoms with Crippen molar-refractivity contribution in [2.45, 2.75) is 29.6 Å². The molecular weight excluding hydrogens is 290 g/mol. The first kappa shape index (κ1) is 13.6. The van der Waals surface area contributed by atoms with E-state index >= 15 is 0 Å². The molecule has 0 aliphatic heterocycles. The van der Waals surface area contributed by atoms with E-state index in [0.717, 1.165) is 23.6 Å². The Morgan fingerprint density at radius 3 is 3.20 bits per heavy atom. The van der Waals surface area contributed by atoms with E-state index in [1.165, 1.54) is 34.2 Å². The van der Waals surface area contributed by atoms with Crippen LogP contribution in [0.15, 0.2) is 34.1 Å². The maximum absolute atomic E-state index is 12.0. The summed E-state index contributed by atoms with van der Waals surface area (Å²) in [6.45, 7) is 0. The summed E-state index contributed by atoms with van der Waals surface area (Å²) in [5.41, 5.74) is 4.31. The highest BCUT2D eigenvalue weighted by atomic mass is 32.2. The SMILES string of the molecule is O=C(CSc1nncs1)N[C@@H]1CCCc2ccccc21. The van der Waals surface area contributed by atoms with Gasteiger partial charge in [-0.05, 0) is 30.4 Å². The minimum atomic E-state index is 0.0619. The lowest BCUT2D eigenvalue weighted by Crippen LogP contribution is -2.32. The van der Waals surface area contributed by atoms with Gasteiger partial charge in [-0.15, -0.1) is 10.2 Å². The molecule has 0 saturated heterocycles. The third-order valence-corrected chi connectivity index (χ3v) is 5.23. The fourth-order valence-electron chi connectivity index (χ4n) is 2.49. The minimum absolute atomic E-state index is 0.0619. The number of rotatable bonds is 4. The molecule has 1 aliphatic carbocycles. The summed E-state index contributed by atoms with van der Waals surface area (Å²) in [5.74, 6) is 0.459. The average molecular weight is 305 g/mol. The first-order valence-corrected chi connectivity index (χ1v) is 8.45. The number of amides is 1. The Bertz CT molecular complexity index is 586. The molecule has 0 bridgehead atoms. The smallest absolute Gasteiger partial charge is 0.230 e. The zero-order valence-corrected chi connectivity index (χ0v) is 12.5. The van der Waals surface area contributed by atoms with E-state index in [9.17, 15) is 4.79 Å². The molecule has 0 fully saturated rings. The van der Waals surface area contributed by atoms with E-state index in [0.29, 0.717) is 5.75 Å². The monoisotopic (exact) mass is 305 g/mol. The van der Waals surface area contributed by atoms with Gasteiger partial charge in [-0.2, -0.15) is 0 Å². The summed E-state index contributed by atoms with van der Waals surface area (Å²) in [7, 11) is 0. The molecule has 1 aromatic carbocycles. The van der Waals surface area contributed by atoms with Gasteiger partial charge in [0, 0.05) is 0 Å². The number of carbonyl (C=O) groups is 1. The van der Waals surface area contributed by atoms with Gasteiger partial charge in [-0.25, -0.2) is 0 Å². The van der Waals surface area contributed by atoms with Gasteiger partial charge in [0.1, 0.15) is 5.51 Å². The standard InChI is InChI=1S/C14H15N3OS2/c18-13(8-19-14-17-15-9-20-14)16-12-7-3-5-10-4-1-2-6-11(10)12/h1-2,4,6,9,12H,3,5,7-8H2,(H,16,18)/t12-/m1/s1. The average Bonchev–Trinajstić information content (AvgIpc) is 2.99. The highest BCUT2D eigenvalue weighted by Gasteiger charge is 2.21. The van der Waals surface area contributed by atoms with Gasteiger partial charge in [-0.1, -0.05) is 47.4 Å². The number of benzene rings is 1. The molecule has 1 amide bonds. The number of nitrogens with zero attached hydrogens (tertiary/aromatic N) is 2. The van der Waals surface area contributed by atoms with Crippen LogP contribution in [0, 0.1) is 0 Å². The van der Waals surface area contributed by atoms with Crippen LogP contribution in [0.1, 0.15) is 30.0 Å². The molecule has 104 valence electrons. The Morgan fingerprint density at radius 1 is 1.45 bits per heavy atom. The summed E-state index contributed by atoms with van der Waals surface area (Å²) in [6, 6.07) is 8.54. The number of hydrogen-bond donors (Lipinski definition) is 1. The molecule has 0 unspecified atom stereocenters. The fraction of sp³-hybridized carbons (Fsp3) is 0.357. The number of thioether (sulfide) groups is 1. The number of fused-ring (bicyclic) bond motifs is 1. The predicted octanol–water partition coefficient (Wildman–Crippen LogP) is 2.82. The molecule has 2 aromatic rings. The summed E-state index contributed by atoms with van der Waals surface area (Å²) >= 11 is 2.90. The molecule has 3 rings (SSSR count). The second kappa shape index (κ2) is 6.37. The van der Waals surface area contributed by atoms with Crippen molar-refractivity contribution in [1.29, 1.82) is 0 Å². The van der Waals surface area contributed by atoms with Gasteiger partial charge in [-0.3, -0.25) is 4.79 Å². The first-order chi connectivity index (χ1) is 9.83. The van der Waals surface area contributed by atoms with E-state index in [2.05, 4.69) is 33.7 Å². The van der Waals surface area contributed by atoms with Gasteiger partial charge in [0.15, 0.2) is 4.34 Å². The zero-order valence-electron chi connectivity index (χ0n) is 10.9. The van der Waals surface area contributed by atoms with Crippen molar-refractivity contribution < 1.29 is 4.79 Å². The predicted molar refractivity (Wildman–Crippen MR) is 80.9 cm³/mol. The molecule has 1 aromatic heterocycles. The summed E-state index contributed by atoms with van der Waals surface area (Å²) < 4.78 is 0.837. The molecule has 1 N–H and O–H groups in total.